The quantitative estimate of drug-likeness (QED) is 0.551. The van der Waals surface area contributed by atoms with Crippen LogP contribution in [0.1, 0.15) is 57.8 Å². The smallest absolute Gasteiger partial charge is 0.140 e. The van der Waals surface area contributed by atoms with Gasteiger partial charge < -0.3 is 0 Å². The van der Waals surface area contributed by atoms with Gasteiger partial charge in [-0.25, -0.2) is 0 Å². The van der Waals surface area contributed by atoms with Crippen LogP contribution in [0.5, 0.6) is 0 Å². The standard InChI is InChI=1S/C14H20O/c15-14-7-3-6-12-11-5-2-1-4-10(11)8-9-13(12)14/h10,13H,1-9H2. The molecule has 0 spiro atoms. The summed E-state index contributed by atoms with van der Waals surface area (Å²) in [6.45, 7) is 0. The Bertz CT molecular complexity index is 313. The van der Waals surface area contributed by atoms with Crippen LogP contribution in [-0.2, 0) is 4.79 Å². The maximum Gasteiger partial charge on any atom is 0.140 e. The maximum atomic E-state index is 11.9. The zero-order valence-electron chi connectivity index (χ0n) is 9.43. The van der Waals surface area contributed by atoms with Crippen molar-refractivity contribution in [3.8, 4) is 0 Å². The molecule has 0 N–H and O–H groups in total. The van der Waals surface area contributed by atoms with Gasteiger partial charge in [-0.1, -0.05) is 17.6 Å². The fourth-order valence-electron chi connectivity index (χ4n) is 3.91. The summed E-state index contributed by atoms with van der Waals surface area (Å²) < 4.78 is 0. The molecule has 2 atom stereocenters. The molecule has 15 heavy (non-hydrogen) atoms. The van der Waals surface area contributed by atoms with Gasteiger partial charge in [0, 0.05) is 12.3 Å². The number of Topliss-reactive ketones (excluding diaryl/α,β-unsaturated/α-hetero) is 1. The van der Waals surface area contributed by atoms with Crippen molar-refractivity contribution in [3.05, 3.63) is 11.1 Å². The van der Waals surface area contributed by atoms with Gasteiger partial charge in [0.1, 0.15) is 5.78 Å². The molecule has 0 aliphatic heterocycles. The molecule has 0 saturated heterocycles. The Morgan fingerprint density at radius 3 is 2.60 bits per heavy atom. The Balaban J connectivity index is 1.95. The van der Waals surface area contributed by atoms with Crippen molar-refractivity contribution >= 4 is 5.78 Å². The lowest BCUT2D eigenvalue weighted by Crippen LogP contribution is -2.30. The first-order valence-electron chi connectivity index (χ1n) is 6.61. The summed E-state index contributed by atoms with van der Waals surface area (Å²) in [5.74, 6) is 1.78. The van der Waals surface area contributed by atoms with E-state index in [1.54, 1.807) is 11.1 Å². The summed E-state index contributed by atoms with van der Waals surface area (Å²) in [7, 11) is 0. The first kappa shape index (κ1) is 9.62. The molecule has 3 rings (SSSR count). The Hall–Kier alpha value is -0.590. The first-order chi connectivity index (χ1) is 7.36. The Morgan fingerprint density at radius 1 is 0.800 bits per heavy atom. The van der Waals surface area contributed by atoms with Crippen LogP contribution < -0.4 is 0 Å². The summed E-state index contributed by atoms with van der Waals surface area (Å²) in [4.78, 5) is 11.9. The van der Waals surface area contributed by atoms with Crippen LogP contribution in [0.25, 0.3) is 0 Å². The van der Waals surface area contributed by atoms with E-state index < -0.39 is 0 Å². The van der Waals surface area contributed by atoms with Crippen LogP contribution in [-0.4, -0.2) is 5.78 Å². The lowest BCUT2D eigenvalue weighted by atomic mass is 9.66. The molecular weight excluding hydrogens is 184 g/mol. The highest BCUT2D eigenvalue weighted by Gasteiger charge is 2.35. The molecule has 0 radical (unpaired) electrons. The Morgan fingerprint density at radius 2 is 1.67 bits per heavy atom. The number of hydrogen-bond donors (Lipinski definition) is 0. The number of allylic oxidation sites excluding steroid dienone is 2. The van der Waals surface area contributed by atoms with Crippen LogP contribution in [0.2, 0.25) is 0 Å². The van der Waals surface area contributed by atoms with Crippen molar-refractivity contribution < 1.29 is 4.79 Å². The van der Waals surface area contributed by atoms with Crippen LogP contribution in [0.15, 0.2) is 11.1 Å². The fourth-order valence-corrected chi connectivity index (χ4v) is 3.91. The van der Waals surface area contributed by atoms with Gasteiger partial charge in [0.2, 0.25) is 0 Å². The minimum absolute atomic E-state index is 0.364. The van der Waals surface area contributed by atoms with E-state index >= 15 is 0 Å². The van der Waals surface area contributed by atoms with Crippen molar-refractivity contribution in [2.45, 2.75) is 57.8 Å². The third kappa shape index (κ3) is 1.56. The number of ketones is 1. The second kappa shape index (κ2) is 3.77. The van der Waals surface area contributed by atoms with Gasteiger partial charge in [-0.2, -0.15) is 0 Å². The molecule has 3 aliphatic rings. The molecular formula is C14H20O. The predicted molar refractivity (Wildman–Crippen MR) is 60.6 cm³/mol. The van der Waals surface area contributed by atoms with E-state index in [0.717, 1.165) is 18.8 Å². The fraction of sp³-hybridized carbons (Fsp3) is 0.786. The third-order valence-corrected chi connectivity index (χ3v) is 4.64. The molecule has 82 valence electrons. The van der Waals surface area contributed by atoms with Gasteiger partial charge in [-0.05, 0) is 50.9 Å². The van der Waals surface area contributed by atoms with Crippen molar-refractivity contribution in [3.63, 3.8) is 0 Å². The minimum Gasteiger partial charge on any atom is -0.299 e. The molecule has 1 heteroatoms. The second-order valence-electron chi connectivity index (χ2n) is 5.44. The SMILES string of the molecule is O=C1CCCC2=C3CCCCC3CCC12. The predicted octanol–water partition coefficient (Wildman–Crippen LogP) is 3.64. The largest absolute Gasteiger partial charge is 0.299 e. The monoisotopic (exact) mass is 204 g/mol. The molecule has 0 heterocycles. The van der Waals surface area contributed by atoms with E-state index in [1.807, 2.05) is 0 Å². The highest BCUT2D eigenvalue weighted by Crippen LogP contribution is 2.46. The molecule has 0 aromatic carbocycles. The molecule has 1 nitrogen and oxygen atoms in total. The van der Waals surface area contributed by atoms with E-state index in [4.69, 9.17) is 0 Å². The highest BCUT2D eigenvalue weighted by atomic mass is 16.1. The normalized spacial score (nSPS) is 36.1. The van der Waals surface area contributed by atoms with Gasteiger partial charge >= 0.3 is 0 Å². The van der Waals surface area contributed by atoms with Gasteiger partial charge in [0.25, 0.3) is 0 Å². The van der Waals surface area contributed by atoms with E-state index in [1.165, 1.54) is 44.9 Å². The van der Waals surface area contributed by atoms with Crippen molar-refractivity contribution in [2.75, 3.05) is 0 Å². The average Bonchev–Trinajstić information content (AvgIpc) is 2.29. The number of hydrogen-bond acceptors (Lipinski definition) is 1. The first-order valence-corrected chi connectivity index (χ1v) is 6.61. The molecule has 0 aromatic heterocycles. The topological polar surface area (TPSA) is 17.1 Å². The molecule has 2 saturated carbocycles. The van der Waals surface area contributed by atoms with Gasteiger partial charge in [0.05, 0.1) is 0 Å². The molecule has 2 unspecified atom stereocenters. The molecule has 3 aliphatic carbocycles. The molecule has 0 amide bonds. The second-order valence-corrected chi connectivity index (χ2v) is 5.44. The summed E-state index contributed by atoms with van der Waals surface area (Å²) in [5.41, 5.74) is 3.33. The summed E-state index contributed by atoms with van der Waals surface area (Å²) in [6.07, 6.45) is 11.2. The lowest BCUT2D eigenvalue weighted by molar-refractivity contribution is -0.123. The highest BCUT2D eigenvalue weighted by molar-refractivity contribution is 5.85. The average molecular weight is 204 g/mol. The minimum atomic E-state index is 0.364. The van der Waals surface area contributed by atoms with Gasteiger partial charge in [-0.15, -0.1) is 0 Å². The van der Waals surface area contributed by atoms with Gasteiger partial charge in [-0.3, -0.25) is 4.79 Å². The summed E-state index contributed by atoms with van der Waals surface area (Å²) in [5, 5.41) is 0. The summed E-state index contributed by atoms with van der Waals surface area (Å²) in [6, 6.07) is 0. The van der Waals surface area contributed by atoms with Crippen molar-refractivity contribution in [1.82, 2.24) is 0 Å². The van der Waals surface area contributed by atoms with Crippen molar-refractivity contribution in [2.24, 2.45) is 11.8 Å². The molecule has 2 fully saturated rings. The maximum absolute atomic E-state index is 11.9. The van der Waals surface area contributed by atoms with E-state index in [-0.39, 0.29) is 0 Å². The van der Waals surface area contributed by atoms with Crippen molar-refractivity contribution in [1.29, 1.82) is 0 Å². The number of rotatable bonds is 0. The number of carbonyl (C=O) groups is 1. The zero-order valence-corrected chi connectivity index (χ0v) is 9.43. The van der Waals surface area contributed by atoms with Gasteiger partial charge in [0.15, 0.2) is 0 Å². The lowest BCUT2D eigenvalue weighted by Gasteiger charge is -2.38. The summed E-state index contributed by atoms with van der Waals surface area (Å²) >= 11 is 0. The number of fused-ring (bicyclic) bond motifs is 2. The molecule has 0 aromatic rings. The Kier molecular flexibility index (Phi) is 2.42. The molecule has 0 bridgehead atoms. The number of carbonyl (C=O) groups excluding carboxylic acids is 1. The van der Waals surface area contributed by atoms with E-state index in [0.29, 0.717) is 11.7 Å². The van der Waals surface area contributed by atoms with Crippen LogP contribution in [0, 0.1) is 11.8 Å². The van der Waals surface area contributed by atoms with Crippen LogP contribution >= 0.6 is 0 Å². The Labute approximate surface area is 91.9 Å². The van der Waals surface area contributed by atoms with Crippen LogP contribution in [0.3, 0.4) is 0 Å². The van der Waals surface area contributed by atoms with Crippen LogP contribution in [0.4, 0.5) is 0 Å². The van der Waals surface area contributed by atoms with E-state index in [2.05, 4.69) is 0 Å². The van der Waals surface area contributed by atoms with E-state index in [9.17, 15) is 4.79 Å². The zero-order chi connectivity index (χ0) is 10.3. The third-order valence-electron chi connectivity index (χ3n) is 4.64.